The smallest absolute Gasteiger partial charge is 0.194 e. The van der Waals surface area contributed by atoms with Crippen molar-refractivity contribution in [2.45, 2.75) is 64.0 Å². The lowest BCUT2D eigenvalue weighted by Crippen LogP contribution is -2.43. The summed E-state index contributed by atoms with van der Waals surface area (Å²) in [5.74, 6) is 1.14. The van der Waals surface area contributed by atoms with Gasteiger partial charge in [-0.05, 0) is 59.2 Å². The minimum Gasteiger partial charge on any atom is -0.357 e. The molecule has 1 saturated carbocycles. The fraction of sp³-hybridized carbons (Fsp3) is 0.947. The summed E-state index contributed by atoms with van der Waals surface area (Å²) in [4.78, 5) is 12.6. The Labute approximate surface area is 148 Å². The van der Waals surface area contributed by atoms with Gasteiger partial charge in [0.05, 0.1) is 6.54 Å². The number of aliphatic imine (C=N–C) groups is 1. The van der Waals surface area contributed by atoms with Crippen molar-refractivity contribution < 1.29 is 0 Å². The maximum Gasteiger partial charge on any atom is 0.194 e. The topological polar surface area (TPSA) is 34.1 Å². The summed E-state index contributed by atoms with van der Waals surface area (Å²) in [5.41, 5.74) is 0. The molecule has 3 fully saturated rings. The molecule has 24 heavy (non-hydrogen) atoms. The van der Waals surface area contributed by atoms with Gasteiger partial charge in [-0.2, -0.15) is 0 Å². The molecular formula is C19H37N5. The van der Waals surface area contributed by atoms with E-state index in [0.29, 0.717) is 0 Å². The second-order valence-corrected chi connectivity index (χ2v) is 7.79. The Morgan fingerprint density at radius 3 is 2.54 bits per heavy atom. The maximum atomic E-state index is 4.94. The van der Waals surface area contributed by atoms with Gasteiger partial charge in [0.15, 0.2) is 5.96 Å². The zero-order chi connectivity index (χ0) is 16.8. The highest BCUT2D eigenvalue weighted by atomic mass is 15.3. The molecule has 1 unspecified atom stereocenters. The van der Waals surface area contributed by atoms with E-state index < -0.39 is 0 Å². The largest absolute Gasteiger partial charge is 0.357 e. The average molecular weight is 336 g/mol. The highest BCUT2D eigenvalue weighted by Crippen LogP contribution is 2.22. The molecule has 0 spiro atoms. The third-order valence-electron chi connectivity index (χ3n) is 6.12. The van der Waals surface area contributed by atoms with Crippen molar-refractivity contribution in [3.05, 3.63) is 0 Å². The SMILES string of the molecule is CCNC(=NCCN(C)C1CCCC1)N1CCC(N2CCCC2)C1. The second kappa shape index (κ2) is 9.04. The summed E-state index contributed by atoms with van der Waals surface area (Å²) < 4.78 is 0. The first kappa shape index (κ1) is 18.0. The molecule has 138 valence electrons. The number of guanidine groups is 1. The van der Waals surface area contributed by atoms with Crippen LogP contribution in [-0.4, -0.2) is 85.6 Å². The van der Waals surface area contributed by atoms with E-state index in [0.717, 1.165) is 50.8 Å². The van der Waals surface area contributed by atoms with E-state index in [4.69, 9.17) is 4.99 Å². The van der Waals surface area contributed by atoms with Crippen LogP contribution < -0.4 is 5.32 Å². The van der Waals surface area contributed by atoms with E-state index in [2.05, 4.69) is 34.0 Å². The average Bonchev–Trinajstić information content (AvgIpc) is 3.35. The molecule has 0 aromatic rings. The van der Waals surface area contributed by atoms with Crippen molar-refractivity contribution >= 4 is 5.96 Å². The van der Waals surface area contributed by atoms with Gasteiger partial charge < -0.3 is 15.1 Å². The minimum atomic E-state index is 0.748. The fourth-order valence-corrected chi connectivity index (χ4v) is 4.61. The number of rotatable bonds is 6. The van der Waals surface area contributed by atoms with E-state index in [-0.39, 0.29) is 0 Å². The lowest BCUT2D eigenvalue weighted by atomic mass is 10.2. The summed E-state index contributed by atoms with van der Waals surface area (Å²) in [7, 11) is 2.28. The number of nitrogens with zero attached hydrogens (tertiary/aromatic N) is 4. The van der Waals surface area contributed by atoms with Crippen molar-refractivity contribution in [1.82, 2.24) is 20.0 Å². The van der Waals surface area contributed by atoms with Crippen LogP contribution in [0.15, 0.2) is 4.99 Å². The first-order valence-electron chi connectivity index (χ1n) is 10.3. The van der Waals surface area contributed by atoms with Gasteiger partial charge in [0, 0.05) is 38.3 Å². The molecule has 0 aromatic heterocycles. The molecular weight excluding hydrogens is 298 g/mol. The molecule has 2 saturated heterocycles. The van der Waals surface area contributed by atoms with E-state index in [1.807, 2.05) is 0 Å². The molecule has 0 aromatic carbocycles. The van der Waals surface area contributed by atoms with Gasteiger partial charge in [-0.3, -0.25) is 9.89 Å². The lowest BCUT2D eigenvalue weighted by molar-refractivity contribution is 0.247. The third-order valence-corrected chi connectivity index (χ3v) is 6.12. The van der Waals surface area contributed by atoms with Gasteiger partial charge in [0.1, 0.15) is 0 Å². The molecule has 1 atom stereocenters. The number of likely N-dealkylation sites (tertiary alicyclic amines) is 2. The molecule has 2 heterocycles. The Bertz CT molecular complexity index is 399. The maximum absolute atomic E-state index is 4.94. The van der Waals surface area contributed by atoms with E-state index in [1.165, 1.54) is 58.0 Å². The molecule has 2 aliphatic heterocycles. The van der Waals surface area contributed by atoms with Crippen LogP contribution in [0.25, 0.3) is 0 Å². The Hall–Kier alpha value is -0.810. The molecule has 0 amide bonds. The normalized spacial score (nSPS) is 26.9. The zero-order valence-electron chi connectivity index (χ0n) is 15.8. The van der Waals surface area contributed by atoms with Crippen LogP contribution in [0.1, 0.15) is 51.9 Å². The van der Waals surface area contributed by atoms with Gasteiger partial charge in [0.25, 0.3) is 0 Å². The van der Waals surface area contributed by atoms with Gasteiger partial charge in [-0.15, -0.1) is 0 Å². The highest BCUT2D eigenvalue weighted by Gasteiger charge is 2.30. The number of hydrogen-bond donors (Lipinski definition) is 1. The molecule has 0 radical (unpaired) electrons. The summed E-state index contributed by atoms with van der Waals surface area (Å²) in [6, 6.07) is 1.55. The minimum absolute atomic E-state index is 0.748. The molecule has 5 nitrogen and oxygen atoms in total. The monoisotopic (exact) mass is 335 g/mol. The number of nitrogens with one attached hydrogen (secondary N) is 1. The van der Waals surface area contributed by atoms with Crippen molar-refractivity contribution in [3.8, 4) is 0 Å². The van der Waals surface area contributed by atoms with Crippen LogP contribution in [0.4, 0.5) is 0 Å². The first-order chi connectivity index (χ1) is 11.8. The molecule has 1 N–H and O–H groups in total. The summed E-state index contributed by atoms with van der Waals surface area (Å²) in [6.07, 6.45) is 9.65. The summed E-state index contributed by atoms with van der Waals surface area (Å²) in [5, 5.41) is 3.52. The van der Waals surface area contributed by atoms with Gasteiger partial charge >= 0.3 is 0 Å². The van der Waals surface area contributed by atoms with Crippen molar-refractivity contribution in [1.29, 1.82) is 0 Å². The van der Waals surface area contributed by atoms with Crippen LogP contribution in [0.2, 0.25) is 0 Å². The molecule has 5 heteroatoms. The first-order valence-corrected chi connectivity index (χ1v) is 10.3. The Morgan fingerprint density at radius 1 is 1.08 bits per heavy atom. The Morgan fingerprint density at radius 2 is 1.83 bits per heavy atom. The third kappa shape index (κ3) is 4.63. The zero-order valence-corrected chi connectivity index (χ0v) is 15.8. The van der Waals surface area contributed by atoms with Gasteiger partial charge in [0.2, 0.25) is 0 Å². The summed E-state index contributed by atoms with van der Waals surface area (Å²) in [6.45, 7) is 10.1. The van der Waals surface area contributed by atoms with E-state index in [1.54, 1.807) is 0 Å². The van der Waals surface area contributed by atoms with Crippen LogP contribution >= 0.6 is 0 Å². The Balaban J connectivity index is 1.48. The lowest BCUT2D eigenvalue weighted by Gasteiger charge is -2.26. The predicted molar refractivity (Wildman–Crippen MR) is 102 cm³/mol. The fourth-order valence-electron chi connectivity index (χ4n) is 4.61. The van der Waals surface area contributed by atoms with Crippen molar-refractivity contribution in [2.75, 3.05) is 52.9 Å². The van der Waals surface area contributed by atoms with Crippen LogP contribution in [-0.2, 0) is 0 Å². The standard InChI is InChI=1S/C19H37N5/c1-3-20-19(21-11-15-22(2)17-8-4-5-9-17)24-14-10-18(16-24)23-12-6-7-13-23/h17-18H,3-16H2,1-2H3,(H,20,21). The van der Waals surface area contributed by atoms with Crippen LogP contribution in [0, 0.1) is 0 Å². The van der Waals surface area contributed by atoms with E-state index in [9.17, 15) is 0 Å². The molecule has 3 rings (SSSR count). The van der Waals surface area contributed by atoms with Crippen LogP contribution in [0.3, 0.4) is 0 Å². The van der Waals surface area contributed by atoms with Crippen molar-refractivity contribution in [3.63, 3.8) is 0 Å². The highest BCUT2D eigenvalue weighted by molar-refractivity contribution is 5.80. The molecule has 0 bridgehead atoms. The molecule has 1 aliphatic carbocycles. The number of hydrogen-bond acceptors (Lipinski definition) is 3. The van der Waals surface area contributed by atoms with Gasteiger partial charge in [-0.25, -0.2) is 0 Å². The second-order valence-electron chi connectivity index (χ2n) is 7.79. The number of likely N-dealkylation sites (N-methyl/N-ethyl adjacent to an activating group) is 1. The molecule has 3 aliphatic rings. The van der Waals surface area contributed by atoms with Crippen molar-refractivity contribution in [2.24, 2.45) is 4.99 Å². The quantitative estimate of drug-likeness (QED) is 0.595. The predicted octanol–water partition coefficient (Wildman–Crippen LogP) is 2.00. The summed E-state index contributed by atoms with van der Waals surface area (Å²) >= 11 is 0. The Kier molecular flexibility index (Phi) is 6.78. The van der Waals surface area contributed by atoms with Crippen LogP contribution in [0.5, 0.6) is 0 Å². The van der Waals surface area contributed by atoms with E-state index >= 15 is 0 Å². The van der Waals surface area contributed by atoms with Gasteiger partial charge in [-0.1, -0.05) is 12.8 Å².